The van der Waals surface area contributed by atoms with Gasteiger partial charge >= 0.3 is 0 Å². The highest BCUT2D eigenvalue weighted by Gasteiger charge is 2.13. The van der Waals surface area contributed by atoms with Crippen molar-refractivity contribution in [2.24, 2.45) is 0 Å². The summed E-state index contributed by atoms with van der Waals surface area (Å²) in [6.07, 6.45) is 0. The highest BCUT2D eigenvalue weighted by molar-refractivity contribution is 7.99. The first kappa shape index (κ1) is 14.7. The summed E-state index contributed by atoms with van der Waals surface area (Å²) in [6.45, 7) is 3.97. The topological polar surface area (TPSA) is 29.1 Å². The summed E-state index contributed by atoms with van der Waals surface area (Å²) < 4.78 is 0. The van der Waals surface area contributed by atoms with E-state index in [1.165, 1.54) is 11.1 Å². The minimum Gasteiger partial charge on any atom is -0.325 e. The molecule has 0 aliphatic heterocycles. The lowest BCUT2D eigenvalue weighted by Gasteiger charge is -2.12. The molecule has 0 saturated heterocycles. The molecule has 2 aromatic rings. The van der Waals surface area contributed by atoms with Crippen LogP contribution in [0.2, 0.25) is 0 Å². The predicted molar refractivity (Wildman–Crippen MR) is 87.0 cm³/mol. The van der Waals surface area contributed by atoms with Gasteiger partial charge in [0.1, 0.15) is 0 Å². The molecule has 0 bridgehead atoms. The first-order valence-corrected chi connectivity index (χ1v) is 7.73. The Balaban J connectivity index is 1.84. The van der Waals surface area contributed by atoms with E-state index in [0.29, 0.717) is 0 Å². The first-order chi connectivity index (χ1) is 9.65. The van der Waals surface area contributed by atoms with Gasteiger partial charge in [-0.3, -0.25) is 4.79 Å². The number of benzene rings is 2. The van der Waals surface area contributed by atoms with Crippen LogP contribution in [-0.4, -0.2) is 11.2 Å². The first-order valence-electron chi connectivity index (χ1n) is 6.68. The van der Waals surface area contributed by atoms with Crippen LogP contribution in [0.5, 0.6) is 0 Å². The summed E-state index contributed by atoms with van der Waals surface area (Å²) in [5.74, 6) is 0.901. The summed E-state index contributed by atoms with van der Waals surface area (Å²) in [4.78, 5) is 12.1. The maximum atomic E-state index is 12.1. The van der Waals surface area contributed by atoms with Gasteiger partial charge in [-0.25, -0.2) is 0 Å². The Hall–Kier alpha value is -1.74. The molecule has 0 aliphatic carbocycles. The second kappa shape index (κ2) is 7.15. The average molecular weight is 285 g/mol. The Labute approximate surface area is 124 Å². The van der Waals surface area contributed by atoms with Crippen molar-refractivity contribution in [3.05, 3.63) is 65.7 Å². The summed E-state index contributed by atoms with van der Waals surface area (Å²) in [5, 5.41) is 2.87. The van der Waals surface area contributed by atoms with E-state index in [-0.39, 0.29) is 11.2 Å². The third-order valence-corrected chi connectivity index (χ3v) is 4.25. The van der Waals surface area contributed by atoms with Crippen LogP contribution in [0.4, 0.5) is 5.69 Å². The van der Waals surface area contributed by atoms with Crippen LogP contribution in [0.25, 0.3) is 0 Å². The molecule has 0 aliphatic rings. The summed E-state index contributed by atoms with van der Waals surface area (Å²) in [7, 11) is 0. The lowest BCUT2D eigenvalue weighted by Crippen LogP contribution is -2.22. The second-order valence-electron chi connectivity index (χ2n) is 4.79. The van der Waals surface area contributed by atoms with Crippen molar-refractivity contribution in [3.63, 3.8) is 0 Å². The lowest BCUT2D eigenvalue weighted by atomic mass is 10.2. The largest absolute Gasteiger partial charge is 0.325 e. The molecule has 2 rings (SSSR count). The number of anilines is 1. The fourth-order valence-electron chi connectivity index (χ4n) is 1.75. The number of hydrogen-bond acceptors (Lipinski definition) is 2. The Bertz CT molecular complexity index is 551. The third-order valence-electron chi connectivity index (χ3n) is 3.03. The van der Waals surface area contributed by atoms with E-state index < -0.39 is 0 Å². The molecule has 0 heterocycles. The van der Waals surface area contributed by atoms with Crippen molar-refractivity contribution in [1.82, 2.24) is 0 Å². The average Bonchev–Trinajstić information content (AvgIpc) is 2.48. The van der Waals surface area contributed by atoms with Crippen molar-refractivity contribution in [1.29, 1.82) is 0 Å². The fourth-order valence-corrected chi connectivity index (χ4v) is 2.60. The number of rotatable bonds is 5. The van der Waals surface area contributed by atoms with E-state index in [1.807, 2.05) is 56.3 Å². The van der Waals surface area contributed by atoms with Crippen LogP contribution in [-0.2, 0) is 10.5 Å². The maximum absolute atomic E-state index is 12.1. The van der Waals surface area contributed by atoms with E-state index in [0.717, 1.165) is 11.4 Å². The van der Waals surface area contributed by atoms with Gasteiger partial charge in [0, 0.05) is 11.4 Å². The molecule has 2 aromatic carbocycles. The molecule has 1 amide bonds. The van der Waals surface area contributed by atoms with E-state index in [1.54, 1.807) is 11.8 Å². The molecule has 0 fully saturated rings. The van der Waals surface area contributed by atoms with Crippen LogP contribution < -0.4 is 5.32 Å². The Morgan fingerprint density at radius 2 is 1.75 bits per heavy atom. The standard InChI is InChI=1S/C17H19NOS/c1-13-8-10-16(11-9-13)18-17(19)14(2)20-12-15-6-4-3-5-7-15/h3-11,14H,12H2,1-2H3,(H,18,19)/t14-/m1/s1. The molecular formula is C17H19NOS. The molecule has 104 valence electrons. The number of hydrogen-bond donors (Lipinski definition) is 1. The molecule has 0 radical (unpaired) electrons. The molecule has 0 aromatic heterocycles. The van der Waals surface area contributed by atoms with Crippen molar-refractivity contribution in [2.45, 2.75) is 24.9 Å². The van der Waals surface area contributed by atoms with Crippen molar-refractivity contribution in [2.75, 3.05) is 5.32 Å². The minimum atomic E-state index is -0.0727. The summed E-state index contributed by atoms with van der Waals surface area (Å²) in [6, 6.07) is 18.1. The molecule has 3 heteroatoms. The van der Waals surface area contributed by atoms with Gasteiger partial charge < -0.3 is 5.32 Å². The van der Waals surface area contributed by atoms with Gasteiger partial charge in [-0.15, -0.1) is 11.8 Å². The molecule has 2 nitrogen and oxygen atoms in total. The Morgan fingerprint density at radius 1 is 1.10 bits per heavy atom. The SMILES string of the molecule is Cc1ccc(NC(=O)[C@@H](C)SCc2ccccc2)cc1. The number of thioether (sulfide) groups is 1. The quantitative estimate of drug-likeness (QED) is 0.889. The van der Waals surface area contributed by atoms with Gasteiger partial charge in [-0.1, -0.05) is 48.0 Å². The second-order valence-corrected chi connectivity index (χ2v) is 6.12. The summed E-state index contributed by atoms with van der Waals surface area (Å²) >= 11 is 1.65. The third kappa shape index (κ3) is 4.42. The fraction of sp³-hybridized carbons (Fsp3) is 0.235. The summed E-state index contributed by atoms with van der Waals surface area (Å²) in [5.41, 5.74) is 3.29. The lowest BCUT2D eigenvalue weighted by molar-refractivity contribution is -0.115. The normalized spacial score (nSPS) is 11.9. The monoisotopic (exact) mass is 285 g/mol. The molecule has 0 unspecified atom stereocenters. The van der Waals surface area contributed by atoms with Crippen LogP contribution in [0, 0.1) is 6.92 Å². The van der Waals surface area contributed by atoms with E-state index in [9.17, 15) is 4.79 Å². The number of nitrogens with one attached hydrogen (secondary N) is 1. The molecule has 0 spiro atoms. The Kier molecular flexibility index (Phi) is 5.24. The smallest absolute Gasteiger partial charge is 0.237 e. The van der Waals surface area contributed by atoms with E-state index >= 15 is 0 Å². The number of amides is 1. The van der Waals surface area contributed by atoms with Crippen LogP contribution in [0.1, 0.15) is 18.1 Å². The van der Waals surface area contributed by atoms with Crippen molar-refractivity contribution >= 4 is 23.4 Å². The number of carbonyl (C=O) groups is 1. The molecule has 1 atom stereocenters. The van der Waals surface area contributed by atoms with E-state index in [4.69, 9.17) is 0 Å². The molecule has 0 saturated carbocycles. The van der Waals surface area contributed by atoms with Crippen molar-refractivity contribution < 1.29 is 4.79 Å². The zero-order valence-corrected chi connectivity index (χ0v) is 12.6. The van der Waals surface area contributed by atoms with Gasteiger partial charge in [-0.2, -0.15) is 0 Å². The zero-order valence-electron chi connectivity index (χ0n) is 11.8. The maximum Gasteiger partial charge on any atom is 0.237 e. The predicted octanol–water partition coefficient (Wildman–Crippen LogP) is 4.26. The Morgan fingerprint density at radius 3 is 2.40 bits per heavy atom. The van der Waals surface area contributed by atoms with Crippen LogP contribution in [0.3, 0.4) is 0 Å². The minimum absolute atomic E-state index is 0.0507. The highest BCUT2D eigenvalue weighted by Crippen LogP contribution is 2.19. The van der Waals surface area contributed by atoms with Gasteiger partial charge in [0.05, 0.1) is 5.25 Å². The highest BCUT2D eigenvalue weighted by atomic mass is 32.2. The van der Waals surface area contributed by atoms with Crippen molar-refractivity contribution in [3.8, 4) is 0 Å². The van der Waals surface area contributed by atoms with Gasteiger partial charge in [0.15, 0.2) is 0 Å². The van der Waals surface area contributed by atoms with Gasteiger partial charge in [-0.05, 0) is 31.5 Å². The van der Waals surface area contributed by atoms with E-state index in [2.05, 4.69) is 17.4 Å². The molecule has 1 N–H and O–H groups in total. The number of aryl methyl sites for hydroxylation is 1. The van der Waals surface area contributed by atoms with Crippen LogP contribution in [0.15, 0.2) is 54.6 Å². The van der Waals surface area contributed by atoms with Gasteiger partial charge in [0.2, 0.25) is 5.91 Å². The molecular weight excluding hydrogens is 266 g/mol. The van der Waals surface area contributed by atoms with Gasteiger partial charge in [0.25, 0.3) is 0 Å². The number of carbonyl (C=O) groups excluding carboxylic acids is 1. The van der Waals surface area contributed by atoms with Crippen LogP contribution >= 0.6 is 11.8 Å². The zero-order chi connectivity index (χ0) is 14.4. The molecule has 20 heavy (non-hydrogen) atoms.